The highest BCUT2D eigenvalue weighted by molar-refractivity contribution is 6.65. The maximum absolute atomic E-state index is 8.39. The summed E-state index contributed by atoms with van der Waals surface area (Å²) in [4.78, 5) is 17.5. The highest BCUT2D eigenvalue weighted by Crippen LogP contribution is 2.39. The van der Waals surface area contributed by atoms with Gasteiger partial charge in [-0.2, -0.15) is 0 Å². The Morgan fingerprint density at radius 1 is 0.597 bits per heavy atom. The van der Waals surface area contributed by atoms with Crippen molar-refractivity contribution in [2.75, 3.05) is 0 Å². The number of pyridine rings is 4. The van der Waals surface area contributed by atoms with Gasteiger partial charge in [-0.15, -0.1) is 0 Å². The van der Waals surface area contributed by atoms with Gasteiger partial charge in [0.2, 0.25) is 11.4 Å². The van der Waals surface area contributed by atoms with Crippen molar-refractivity contribution < 1.29 is 29.1 Å². The number of hydrogen-bond donors (Lipinski definition) is 0. The van der Waals surface area contributed by atoms with Crippen molar-refractivity contribution in [1.82, 2.24) is 19.9 Å². The van der Waals surface area contributed by atoms with E-state index >= 15 is 0 Å². The monoisotopic (exact) mass is 846 g/mol. The number of para-hydroxylation sites is 4. The summed E-state index contributed by atoms with van der Waals surface area (Å²) in [6.45, 7) is 6.13. The Morgan fingerprint density at radius 3 is 1.73 bits per heavy atom. The van der Waals surface area contributed by atoms with Gasteiger partial charge < -0.3 is 18.1 Å². The Labute approximate surface area is 377 Å². The summed E-state index contributed by atoms with van der Waals surface area (Å²) in [7, 11) is -0.460. The minimum Gasteiger partial charge on any atom is -0.438 e. The van der Waals surface area contributed by atoms with Crippen LogP contribution in [0, 0.1) is 0 Å². The van der Waals surface area contributed by atoms with Crippen LogP contribution < -0.4 is 5.46 Å². The number of furan rings is 2. The third-order valence-electron chi connectivity index (χ3n) is 11.6. The molecule has 0 saturated carbocycles. The number of fused-ring (bicyclic) bond motifs is 8. The van der Waals surface area contributed by atoms with Crippen molar-refractivity contribution in [3.8, 4) is 11.3 Å². The largest absolute Gasteiger partial charge is 0.498 e. The van der Waals surface area contributed by atoms with Crippen molar-refractivity contribution in [3.05, 3.63) is 150 Å². The zero-order valence-corrected chi connectivity index (χ0v) is 35.8. The smallest absolute Gasteiger partial charge is 0.438 e. The predicted molar refractivity (Wildman–Crippen MR) is 254 cm³/mol. The molecule has 2 unspecified atom stereocenters. The van der Waals surface area contributed by atoms with Crippen LogP contribution in [0.4, 0.5) is 0 Å². The van der Waals surface area contributed by atoms with Crippen LogP contribution in [0.2, 0.25) is 5.15 Å². The first-order chi connectivity index (χ1) is 32.9. The van der Waals surface area contributed by atoms with E-state index in [2.05, 4.69) is 66.9 Å². The second-order valence-corrected chi connectivity index (χ2v) is 16.7. The number of benzene rings is 4. The summed E-state index contributed by atoms with van der Waals surface area (Å²) < 4.78 is 85.7. The molecule has 1 aliphatic heterocycles. The average Bonchev–Trinajstić information content (AvgIpc) is 3.93. The van der Waals surface area contributed by atoms with E-state index in [0.29, 0.717) is 33.8 Å². The first-order valence-corrected chi connectivity index (χ1v) is 20.6. The zero-order valence-electron chi connectivity index (χ0n) is 43.1. The van der Waals surface area contributed by atoms with E-state index in [4.69, 9.17) is 45.7 Å². The lowest BCUT2D eigenvalue weighted by Gasteiger charge is -2.32. The number of halogens is 1. The van der Waals surface area contributed by atoms with E-state index in [-0.39, 0.29) is 5.15 Å². The first kappa shape index (κ1) is 32.6. The van der Waals surface area contributed by atoms with E-state index < -0.39 is 43.8 Å². The molecule has 1 aliphatic rings. The van der Waals surface area contributed by atoms with Crippen molar-refractivity contribution in [1.29, 1.82) is 0 Å². The Balaban J connectivity index is 0.000000139. The second-order valence-electron chi connectivity index (χ2n) is 16.3. The van der Waals surface area contributed by atoms with Gasteiger partial charge in [-0.1, -0.05) is 106 Å². The summed E-state index contributed by atoms with van der Waals surface area (Å²) >= 11 is 5.62. The Bertz CT molecular complexity index is 3600. The quantitative estimate of drug-likeness (QED) is 0.128. The molecule has 2 atom stereocenters. The van der Waals surface area contributed by atoms with Crippen LogP contribution in [0.5, 0.6) is 0 Å². The lowest BCUT2D eigenvalue weighted by molar-refractivity contribution is 0.00578. The minimum absolute atomic E-state index is 0.199. The molecular weight excluding hydrogens is 791 g/mol. The molecule has 7 heterocycles. The Hall–Kier alpha value is -6.13. The Kier molecular flexibility index (Phi) is 8.56. The van der Waals surface area contributed by atoms with Gasteiger partial charge in [0.05, 0.1) is 27.9 Å². The summed E-state index contributed by atoms with van der Waals surface area (Å²) in [5.74, 6) is -3.40. The van der Waals surface area contributed by atoms with Gasteiger partial charge in [0.15, 0.2) is 0 Å². The molecule has 1 saturated heterocycles. The number of nitrogens with zero attached hydrogens (tertiary/aromatic N) is 4. The molecule has 4 aromatic carbocycles. The molecule has 10 aromatic rings. The molecule has 0 bridgehead atoms. The maximum atomic E-state index is 8.39. The van der Waals surface area contributed by atoms with Gasteiger partial charge in [0.25, 0.3) is 0 Å². The first-order valence-electron chi connectivity index (χ1n) is 24.2. The highest BCUT2D eigenvalue weighted by atomic mass is 35.5. The summed E-state index contributed by atoms with van der Waals surface area (Å²) in [6.07, 6.45) is 2.94. The summed E-state index contributed by atoms with van der Waals surface area (Å²) in [6, 6.07) is 38.1. The lowest BCUT2D eigenvalue weighted by Crippen LogP contribution is -2.41. The SMILES string of the molecule is CC1(C)OB(c2cccc3c2oc2nc4ccccc4cc23)OC1(C)C.[2H]C([2H])([2H])C([2H])(C)c1ccnc(-c2cccc3c2oc2nc4ccccc4cc23)c1.[2H]C([2H])([2H])C([2H])(C)c1ccnc(Cl)c1. The fourth-order valence-corrected chi connectivity index (χ4v) is 7.65. The summed E-state index contributed by atoms with van der Waals surface area (Å²) in [5, 5.41) is 6.20. The van der Waals surface area contributed by atoms with Crippen molar-refractivity contribution in [2.45, 2.75) is 78.2 Å². The third-order valence-corrected chi connectivity index (χ3v) is 11.8. The van der Waals surface area contributed by atoms with Crippen molar-refractivity contribution >= 4 is 90.1 Å². The highest BCUT2D eigenvalue weighted by Gasteiger charge is 2.52. The van der Waals surface area contributed by atoms with Crippen LogP contribution in [-0.2, 0) is 9.31 Å². The number of aromatic nitrogens is 4. The van der Waals surface area contributed by atoms with Crippen LogP contribution in [-0.4, -0.2) is 38.3 Å². The molecule has 11 rings (SSSR count). The number of hydrogen-bond acceptors (Lipinski definition) is 8. The molecule has 6 aromatic heterocycles. The molecule has 8 nitrogen and oxygen atoms in total. The zero-order chi connectivity index (χ0) is 50.2. The van der Waals surface area contributed by atoms with E-state index in [1.165, 1.54) is 38.4 Å². The second kappa shape index (κ2) is 16.3. The molecule has 310 valence electrons. The van der Waals surface area contributed by atoms with E-state index in [1.54, 1.807) is 12.1 Å². The average molecular weight is 847 g/mol. The van der Waals surface area contributed by atoms with Crippen LogP contribution in [0.3, 0.4) is 0 Å². The maximum Gasteiger partial charge on any atom is 0.498 e. The molecule has 0 spiro atoms. The molecule has 0 radical (unpaired) electrons. The molecule has 0 N–H and O–H groups in total. The molecule has 62 heavy (non-hydrogen) atoms. The van der Waals surface area contributed by atoms with E-state index in [9.17, 15) is 0 Å². The fraction of sp³-hybridized carbons (Fsp3) is 0.231. The van der Waals surface area contributed by atoms with Gasteiger partial charge in [-0.3, -0.25) is 4.98 Å². The van der Waals surface area contributed by atoms with Crippen LogP contribution in [0.1, 0.15) is 89.1 Å². The van der Waals surface area contributed by atoms with Crippen LogP contribution in [0.25, 0.3) is 77.2 Å². The van der Waals surface area contributed by atoms with Gasteiger partial charge >= 0.3 is 7.12 Å². The molecule has 10 heteroatoms. The standard InChI is InChI=1S/C23H18N2O.C21H20BNO3.C8H10ClN/c1-14(2)15-10-11-24-21(13-15)18-8-5-7-17-19-12-16-6-3-4-9-20(16)25-23(19)26-22(17)18;1-20(2)21(3,4)26-22(25-20)16-10-7-9-14-15-12-13-8-5-6-11-17(13)23-19(15)24-18(14)16;1-6(2)7-3-4-10-8(9)5-7/h3-14H,1-2H3;5-12H,1-4H3;3-6H,1-2H3/i1D3,14D;;1D3,6D. The molecule has 1 fully saturated rings. The number of rotatable bonds is 4. The van der Waals surface area contributed by atoms with Crippen LogP contribution >= 0.6 is 11.6 Å². The molecular formula is C52H48BClN4O4. The minimum atomic E-state index is -2.46. The van der Waals surface area contributed by atoms with Crippen molar-refractivity contribution in [2.24, 2.45) is 0 Å². The van der Waals surface area contributed by atoms with E-state index in [1.807, 2.05) is 72.8 Å². The van der Waals surface area contributed by atoms with Crippen LogP contribution in [0.15, 0.2) is 143 Å². The third kappa shape index (κ3) is 7.81. The normalized spacial score (nSPS) is 18.8. The Morgan fingerprint density at radius 2 is 1.13 bits per heavy atom. The fourth-order valence-electron chi connectivity index (χ4n) is 7.48. The van der Waals surface area contributed by atoms with Gasteiger partial charge in [0, 0.05) is 66.7 Å². The van der Waals surface area contributed by atoms with Gasteiger partial charge in [-0.25, -0.2) is 15.0 Å². The predicted octanol–water partition coefficient (Wildman–Crippen LogP) is 13.6. The van der Waals surface area contributed by atoms with E-state index in [0.717, 1.165) is 60.0 Å². The van der Waals surface area contributed by atoms with Crippen molar-refractivity contribution in [3.63, 3.8) is 0 Å². The summed E-state index contributed by atoms with van der Waals surface area (Å²) in [5.41, 5.74) is 6.53. The lowest BCUT2D eigenvalue weighted by atomic mass is 9.78. The van der Waals surface area contributed by atoms with Gasteiger partial charge in [-0.05, 0) is 105 Å². The van der Waals surface area contributed by atoms with Gasteiger partial charge in [0.1, 0.15) is 16.3 Å². The molecule has 0 amide bonds. The molecule has 0 aliphatic carbocycles. The topological polar surface area (TPSA) is 96.3 Å².